The maximum absolute atomic E-state index is 11.4. The Bertz CT molecular complexity index is 658. The first-order valence-corrected chi connectivity index (χ1v) is 11.2. The topological polar surface area (TPSA) is 230 Å². The van der Waals surface area contributed by atoms with Crippen LogP contribution in [0.5, 0.6) is 0 Å². The van der Waals surface area contributed by atoms with Gasteiger partial charge in [-0.05, 0) is 18.8 Å². The summed E-state index contributed by atoms with van der Waals surface area (Å²) < 4.78 is 49.1. The van der Waals surface area contributed by atoms with Crippen LogP contribution in [-0.4, -0.2) is 119 Å². The summed E-state index contributed by atoms with van der Waals surface area (Å²) in [6.07, 6.45) is -7.33. The molecule has 0 bridgehead atoms. The van der Waals surface area contributed by atoms with Crippen molar-refractivity contribution in [3.05, 3.63) is 0 Å². The SMILES string of the molecule is CC(CC(COCC(O)CO)C(=O)O)CC1OC(OCC(O)COS(=O)(=O)O)C(O)C1O. The van der Waals surface area contributed by atoms with E-state index in [1.807, 2.05) is 0 Å². The predicted molar refractivity (Wildman–Crippen MR) is 104 cm³/mol. The van der Waals surface area contributed by atoms with Crippen LogP contribution in [0, 0.1) is 11.8 Å². The van der Waals surface area contributed by atoms with Crippen LogP contribution >= 0.6 is 0 Å². The quantitative estimate of drug-likeness (QED) is 0.107. The van der Waals surface area contributed by atoms with Gasteiger partial charge in [-0.2, -0.15) is 8.42 Å². The average molecular weight is 492 g/mol. The molecule has 1 heterocycles. The van der Waals surface area contributed by atoms with Gasteiger partial charge in [0.15, 0.2) is 6.29 Å². The summed E-state index contributed by atoms with van der Waals surface area (Å²) in [5.41, 5.74) is 0. The fourth-order valence-electron chi connectivity index (χ4n) is 3.08. The van der Waals surface area contributed by atoms with Crippen LogP contribution < -0.4 is 0 Å². The van der Waals surface area contributed by atoms with Crippen LogP contribution in [0.25, 0.3) is 0 Å². The van der Waals surface area contributed by atoms with E-state index in [0.717, 1.165) is 0 Å². The second-order valence-electron chi connectivity index (χ2n) is 7.71. The van der Waals surface area contributed by atoms with Gasteiger partial charge in [-0.15, -0.1) is 0 Å². The molecule has 1 aliphatic rings. The van der Waals surface area contributed by atoms with Gasteiger partial charge < -0.3 is 44.8 Å². The zero-order valence-corrected chi connectivity index (χ0v) is 18.3. The van der Waals surface area contributed by atoms with Crippen LogP contribution in [-0.2, 0) is 33.6 Å². The lowest BCUT2D eigenvalue weighted by Crippen LogP contribution is -2.36. The molecule has 0 aromatic carbocycles. The molecule has 7 N–H and O–H groups in total. The van der Waals surface area contributed by atoms with Crippen LogP contribution in [0.3, 0.4) is 0 Å². The van der Waals surface area contributed by atoms with Crippen LogP contribution in [0.15, 0.2) is 0 Å². The van der Waals surface area contributed by atoms with Gasteiger partial charge in [0, 0.05) is 0 Å². The highest BCUT2D eigenvalue weighted by molar-refractivity contribution is 7.80. The third-order valence-corrected chi connectivity index (χ3v) is 5.13. The molecule has 1 fully saturated rings. The van der Waals surface area contributed by atoms with Gasteiger partial charge in [-0.25, -0.2) is 4.18 Å². The molecule has 8 unspecified atom stereocenters. The summed E-state index contributed by atoms with van der Waals surface area (Å²) in [5, 5.41) is 57.2. The number of hydrogen-bond donors (Lipinski definition) is 7. The standard InChI is InChI=1S/C17H32O14S/c1-9(2-10(16(23)24)5-28-6-11(19)4-18)3-13-14(21)15(22)17(31-13)29-7-12(20)8-30-32(25,26)27/h9-15,17-22H,2-8H2,1H3,(H,23,24)(H,25,26,27). The van der Waals surface area contributed by atoms with E-state index in [0.29, 0.717) is 0 Å². The normalized spacial score (nSPS) is 27.7. The maximum Gasteiger partial charge on any atom is 0.397 e. The number of hydrogen-bond acceptors (Lipinski definition) is 12. The molecule has 1 saturated heterocycles. The van der Waals surface area contributed by atoms with E-state index in [2.05, 4.69) is 4.18 Å². The average Bonchev–Trinajstić information content (AvgIpc) is 2.96. The molecule has 32 heavy (non-hydrogen) atoms. The molecule has 0 amide bonds. The number of carboxylic acids is 1. The molecule has 1 rings (SSSR count). The fourth-order valence-corrected chi connectivity index (χ4v) is 3.41. The number of aliphatic hydroxyl groups excluding tert-OH is 5. The van der Waals surface area contributed by atoms with E-state index in [4.69, 9.17) is 23.9 Å². The summed E-state index contributed by atoms with van der Waals surface area (Å²) in [7, 11) is -4.74. The molecule has 0 radical (unpaired) electrons. The molecule has 0 saturated carbocycles. The lowest BCUT2D eigenvalue weighted by atomic mass is 9.90. The Morgan fingerprint density at radius 2 is 1.72 bits per heavy atom. The second-order valence-corrected chi connectivity index (χ2v) is 8.80. The van der Waals surface area contributed by atoms with E-state index in [9.17, 15) is 38.7 Å². The molecule has 15 heteroatoms. The van der Waals surface area contributed by atoms with E-state index in [1.54, 1.807) is 6.92 Å². The maximum atomic E-state index is 11.4. The lowest BCUT2D eigenvalue weighted by Gasteiger charge is -2.22. The molecular weight excluding hydrogens is 460 g/mol. The summed E-state index contributed by atoms with van der Waals surface area (Å²) in [6.45, 7) is -0.524. The van der Waals surface area contributed by atoms with Gasteiger partial charge in [0.05, 0.1) is 45.1 Å². The molecule has 8 atom stereocenters. The number of ether oxygens (including phenoxy) is 3. The van der Waals surface area contributed by atoms with Gasteiger partial charge in [-0.3, -0.25) is 9.35 Å². The van der Waals surface area contributed by atoms with Crippen molar-refractivity contribution in [1.82, 2.24) is 0 Å². The third kappa shape index (κ3) is 10.8. The number of carboxylic acid groups (broad SMARTS) is 1. The Kier molecular flexibility index (Phi) is 12.4. The van der Waals surface area contributed by atoms with Gasteiger partial charge in [0.1, 0.15) is 24.4 Å². The van der Waals surface area contributed by atoms with Crippen molar-refractivity contribution >= 4 is 16.4 Å². The van der Waals surface area contributed by atoms with Crippen LogP contribution in [0.1, 0.15) is 19.8 Å². The van der Waals surface area contributed by atoms with Crippen molar-refractivity contribution < 1.29 is 66.8 Å². The molecule has 0 spiro atoms. The first kappa shape index (κ1) is 29.1. The first-order valence-electron chi connectivity index (χ1n) is 9.86. The van der Waals surface area contributed by atoms with Gasteiger partial charge in [0.2, 0.25) is 0 Å². The Balaban J connectivity index is 2.49. The van der Waals surface area contributed by atoms with Crippen molar-refractivity contribution in [1.29, 1.82) is 0 Å². The van der Waals surface area contributed by atoms with Gasteiger partial charge in [0.25, 0.3) is 0 Å². The smallest absolute Gasteiger partial charge is 0.397 e. The minimum absolute atomic E-state index is 0.143. The highest BCUT2D eigenvalue weighted by Crippen LogP contribution is 2.29. The van der Waals surface area contributed by atoms with Crippen molar-refractivity contribution in [3.63, 3.8) is 0 Å². The summed E-state index contributed by atoms with van der Waals surface area (Å²) >= 11 is 0. The van der Waals surface area contributed by atoms with E-state index in [1.165, 1.54) is 0 Å². The predicted octanol–water partition coefficient (Wildman–Crippen LogP) is -2.88. The van der Waals surface area contributed by atoms with Gasteiger partial charge in [-0.1, -0.05) is 6.92 Å². The van der Waals surface area contributed by atoms with E-state index >= 15 is 0 Å². The fraction of sp³-hybridized carbons (Fsp3) is 0.941. The molecule has 0 aromatic rings. The van der Waals surface area contributed by atoms with Crippen molar-refractivity contribution in [2.75, 3.05) is 33.0 Å². The highest BCUT2D eigenvalue weighted by Gasteiger charge is 2.44. The number of carbonyl (C=O) groups is 1. The van der Waals surface area contributed by atoms with E-state index in [-0.39, 0.29) is 32.0 Å². The minimum Gasteiger partial charge on any atom is -0.481 e. The summed E-state index contributed by atoms with van der Waals surface area (Å²) in [6, 6.07) is 0. The third-order valence-electron chi connectivity index (χ3n) is 4.69. The number of rotatable bonds is 16. The minimum atomic E-state index is -4.74. The Labute approximate surface area is 185 Å². The van der Waals surface area contributed by atoms with Crippen LogP contribution in [0.4, 0.5) is 0 Å². The Hall–Kier alpha value is -0.980. The lowest BCUT2D eigenvalue weighted by molar-refractivity contribution is -0.181. The highest BCUT2D eigenvalue weighted by atomic mass is 32.3. The zero-order valence-electron chi connectivity index (χ0n) is 17.5. The number of aliphatic carboxylic acids is 1. The zero-order chi connectivity index (χ0) is 24.5. The number of aliphatic hydroxyl groups is 5. The molecule has 14 nitrogen and oxygen atoms in total. The monoisotopic (exact) mass is 492 g/mol. The Morgan fingerprint density at radius 1 is 1.06 bits per heavy atom. The van der Waals surface area contributed by atoms with Crippen molar-refractivity contribution in [3.8, 4) is 0 Å². The van der Waals surface area contributed by atoms with Gasteiger partial charge >= 0.3 is 16.4 Å². The van der Waals surface area contributed by atoms with E-state index < -0.39 is 78.9 Å². The largest absolute Gasteiger partial charge is 0.481 e. The molecular formula is C17H32O14S. The molecule has 0 aromatic heterocycles. The molecule has 0 aliphatic carbocycles. The summed E-state index contributed by atoms with van der Waals surface area (Å²) in [4.78, 5) is 11.4. The molecule has 190 valence electrons. The van der Waals surface area contributed by atoms with Crippen molar-refractivity contribution in [2.45, 2.75) is 56.6 Å². The summed E-state index contributed by atoms with van der Waals surface area (Å²) in [5.74, 6) is -2.32. The Morgan fingerprint density at radius 3 is 2.28 bits per heavy atom. The second kappa shape index (κ2) is 13.7. The first-order chi connectivity index (χ1) is 14.8. The van der Waals surface area contributed by atoms with Crippen molar-refractivity contribution in [2.24, 2.45) is 11.8 Å². The molecule has 1 aliphatic heterocycles. The van der Waals surface area contributed by atoms with Crippen LogP contribution in [0.2, 0.25) is 0 Å².